The van der Waals surface area contributed by atoms with Crippen molar-refractivity contribution in [1.82, 2.24) is 0 Å². The molecule has 0 unspecified atom stereocenters. The Hall–Kier alpha value is -2.22. The number of para-hydroxylation sites is 2. The van der Waals surface area contributed by atoms with Crippen LogP contribution in [0.5, 0.6) is 11.5 Å². The number of benzene rings is 2. The number of ether oxygens (including phenoxy) is 2. The molecule has 1 aliphatic rings. The molecule has 0 spiro atoms. The van der Waals surface area contributed by atoms with Crippen molar-refractivity contribution in [3.05, 3.63) is 59.7 Å². The zero-order valence-corrected chi connectivity index (χ0v) is 11.4. The number of hydrogen-bond donors (Lipinski definition) is 0. The lowest BCUT2D eigenvalue weighted by atomic mass is 10.1. The molecule has 1 heterocycles. The Morgan fingerprint density at radius 3 is 1.55 bits per heavy atom. The zero-order valence-electron chi connectivity index (χ0n) is 11.4. The van der Waals surface area contributed by atoms with Crippen LogP contribution in [0.2, 0.25) is 0 Å². The third-order valence-electron chi connectivity index (χ3n) is 3.33. The highest BCUT2D eigenvalue weighted by molar-refractivity contribution is 5.74. The van der Waals surface area contributed by atoms with E-state index in [1.54, 1.807) is 0 Å². The predicted octanol–water partition coefficient (Wildman–Crippen LogP) is 4.41. The molecule has 3 rings (SSSR count). The lowest BCUT2D eigenvalue weighted by Gasteiger charge is -2.12. The molecular formula is C18H18O2. The van der Waals surface area contributed by atoms with Crippen LogP contribution in [0.4, 0.5) is 0 Å². The summed E-state index contributed by atoms with van der Waals surface area (Å²) in [5.74, 6) is 1.89. The molecule has 0 saturated heterocycles. The van der Waals surface area contributed by atoms with Gasteiger partial charge in [0.1, 0.15) is 11.5 Å². The average molecular weight is 266 g/mol. The molecule has 2 aromatic carbocycles. The summed E-state index contributed by atoms with van der Waals surface area (Å²) in [4.78, 5) is 0. The molecule has 0 radical (unpaired) electrons. The lowest BCUT2D eigenvalue weighted by molar-refractivity contribution is 0.266. The van der Waals surface area contributed by atoms with E-state index in [4.69, 9.17) is 9.47 Å². The summed E-state index contributed by atoms with van der Waals surface area (Å²) in [6.45, 7) is 1.46. The van der Waals surface area contributed by atoms with Crippen LogP contribution >= 0.6 is 0 Å². The number of hydrogen-bond acceptors (Lipinski definition) is 2. The Morgan fingerprint density at radius 1 is 0.600 bits per heavy atom. The average Bonchev–Trinajstić information content (AvgIpc) is 2.49. The predicted molar refractivity (Wildman–Crippen MR) is 82.0 cm³/mol. The van der Waals surface area contributed by atoms with Crippen LogP contribution in [-0.4, -0.2) is 13.2 Å². The molecule has 0 aromatic heterocycles. The monoisotopic (exact) mass is 266 g/mol. The largest absolute Gasteiger partial charge is 0.493 e. The Balaban J connectivity index is 1.97. The Bertz CT molecular complexity index is 548. The van der Waals surface area contributed by atoms with Gasteiger partial charge in [0.05, 0.1) is 13.2 Å². The molecule has 0 fully saturated rings. The fourth-order valence-electron chi connectivity index (χ4n) is 2.25. The highest BCUT2D eigenvalue weighted by Crippen LogP contribution is 2.25. The van der Waals surface area contributed by atoms with Crippen LogP contribution in [0.3, 0.4) is 0 Å². The molecule has 0 aliphatic carbocycles. The van der Waals surface area contributed by atoms with E-state index in [9.17, 15) is 0 Å². The van der Waals surface area contributed by atoms with Gasteiger partial charge in [-0.3, -0.25) is 0 Å². The van der Waals surface area contributed by atoms with Gasteiger partial charge in [0, 0.05) is 11.1 Å². The normalized spacial score (nSPS) is 16.4. The van der Waals surface area contributed by atoms with Crippen molar-refractivity contribution in [2.24, 2.45) is 0 Å². The first-order valence-electron chi connectivity index (χ1n) is 7.05. The number of rotatable bonds is 0. The lowest BCUT2D eigenvalue weighted by Crippen LogP contribution is -2.04. The summed E-state index contributed by atoms with van der Waals surface area (Å²) < 4.78 is 11.7. The molecule has 2 aromatic rings. The van der Waals surface area contributed by atoms with Gasteiger partial charge in [0.25, 0.3) is 0 Å². The first-order chi connectivity index (χ1) is 9.93. The fraction of sp³-hybridized carbons (Fsp3) is 0.222. The minimum atomic E-state index is 0.732. The van der Waals surface area contributed by atoms with Crippen molar-refractivity contribution in [2.45, 2.75) is 12.8 Å². The van der Waals surface area contributed by atoms with Crippen LogP contribution in [0.15, 0.2) is 48.5 Å². The van der Waals surface area contributed by atoms with E-state index in [-0.39, 0.29) is 0 Å². The van der Waals surface area contributed by atoms with Gasteiger partial charge in [0.15, 0.2) is 0 Å². The maximum absolute atomic E-state index is 5.84. The van der Waals surface area contributed by atoms with E-state index in [0.717, 1.165) is 48.7 Å². The summed E-state index contributed by atoms with van der Waals surface area (Å²) in [6, 6.07) is 16.3. The summed E-state index contributed by atoms with van der Waals surface area (Å²) in [7, 11) is 0. The SMILES string of the molecule is C1=C/c2ccccc2OCCCCOc2ccccc2/1. The van der Waals surface area contributed by atoms with Crippen LogP contribution in [-0.2, 0) is 0 Å². The van der Waals surface area contributed by atoms with Crippen molar-refractivity contribution >= 4 is 12.2 Å². The summed E-state index contributed by atoms with van der Waals surface area (Å²) in [5.41, 5.74) is 2.20. The molecule has 20 heavy (non-hydrogen) atoms. The molecular weight excluding hydrogens is 248 g/mol. The smallest absolute Gasteiger partial charge is 0.126 e. The van der Waals surface area contributed by atoms with Crippen molar-refractivity contribution < 1.29 is 9.47 Å². The first kappa shape index (κ1) is 12.8. The van der Waals surface area contributed by atoms with E-state index in [1.807, 2.05) is 36.4 Å². The molecule has 2 heteroatoms. The second kappa shape index (κ2) is 6.29. The molecule has 0 bridgehead atoms. The molecule has 2 nitrogen and oxygen atoms in total. The Morgan fingerprint density at radius 2 is 1.05 bits per heavy atom. The van der Waals surface area contributed by atoms with Gasteiger partial charge in [-0.15, -0.1) is 0 Å². The Labute approximate surface area is 119 Å². The van der Waals surface area contributed by atoms with Gasteiger partial charge >= 0.3 is 0 Å². The Kier molecular flexibility index (Phi) is 4.02. The maximum atomic E-state index is 5.84. The van der Waals surface area contributed by atoms with Gasteiger partial charge in [-0.05, 0) is 25.0 Å². The van der Waals surface area contributed by atoms with Gasteiger partial charge in [-0.2, -0.15) is 0 Å². The molecule has 102 valence electrons. The van der Waals surface area contributed by atoms with Crippen molar-refractivity contribution in [3.63, 3.8) is 0 Å². The molecule has 0 amide bonds. The first-order valence-corrected chi connectivity index (χ1v) is 7.05. The van der Waals surface area contributed by atoms with Crippen LogP contribution in [0, 0.1) is 0 Å². The second-order valence-corrected chi connectivity index (χ2v) is 4.81. The van der Waals surface area contributed by atoms with E-state index in [2.05, 4.69) is 24.3 Å². The van der Waals surface area contributed by atoms with Crippen LogP contribution in [0.1, 0.15) is 24.0 Å². The minimum absolute atomic E-state index is 0.732. The van der Waals surface area contributed by atoms with E-state index in [1.165, 1.54) is 0 Å². The molecule has 1 aliphatic heterocycles. The number of fused-ring (bicyclic) bond motifs is 2. The van der Waals surface area contributed by atoms with Crippen LogP contribution < -0.4 is 9.47 Å². The third kappa shape index (κ3) is 3.02. The van der Waals surface area contributed by atoms with Crippen molar-refractivity contribution in [3.8, 4) is 11.5 Å². The zero-order chi connectivity index (χ0) is 13.6. The van der Waals surface area contributed by atoms with Gasteiger partial charge < -0.3 is 9.47 Å². The quantitative estimate of drug-likeness (QED) is 0.703. The van der Waals surface area contributed by atoms with Gasteiger partial charge in [-0.1, -0.05) is 48.6 Å². The highest BCUT2D eigenvalue weighted by Gasteiger charge is 2.04. The fourth-order valence-corrected chi connectivity index (χ4v) is 2.25. The van der Waals surface area contributed by atoms with Crippen molar-refractivity contribution in [1.29, 1.82) is 0 Å². The minimum Gasteiger partial charge on any atom is -0.493 e. The van der Waals surface area contributed by atoms with Gasteiger partial charge in [-0.25, -0.2) is 0 Å². The third-order valence-corrected chi connectivity index (χ3v) is 3.33. The second-order valence-electron chi connectivity index (χ2n) is 4.81. The summed E-state index contributed by atoms with van der Waals surface area (Å²) >= 11 is 0. The molecule has 0 N–H and O–H groups in total. The molecule has 0 saturated carbocycles. The van der Waals surface area contributed by atoms with E-state index < -0.39 is 0 Å². The molecule has 0 atom stereocenters. The summed E-state index contributed by atoms with van der Waals surface area (Å²) in [6.07, 6.45) is 6.17. The topological polar surface area (TPSA) is 18.5 Å². The van der Waals surface area contributed by atoms with Crippen molar-refractivity contribution in [2.75, 3.05) is 13.2 Å². The highest BCUT2D eigenvalue weighted by atomic mass is 16.5. The standard InChI is InChI=1S/C18H18O2/c1-3-9-17-15(7-1)11-12-16-8-2-4-10-18(16)20-14-6-5-13-19-17/h1-4,7-12H,5-6,13-14H2/b12-11+. The maximum Gasteiger partial charge on any atom is 0.126 e. The van der Waals surface area contributed by atoms with Gasteiger partial charge in [0.2, 0.25) is 0 Å². The van der Waals surface area contributed by atoms with Crippen LogP contribution in [0.25, 0.3) is 12.2 Å². The van der Waals surface area contributed by atoms with E-state index >= 15 is 0 Å². The van der Waals surface area contributed by atoms with E-state index in [0.29, 0.717) is 0 Å². The summed E-state index contributed by atoms with van der Waals surface area (Å²) in [5, 5.41) is 0.